The smallest absolute Gasteiger partial charge is 0.408 e. The number of thioether (sulfide) groups is 1. The lowest BCUT2D eigenvalue weighted by Crippen LogP contribution is -2.48. The van der Waals surface area contributed by atoms with Crippen molar-refractivity contribution in [2.75, 3.05) is 12.0 Å². The van der Waals surface area contributed by atoms with Crippen LogP contribution in [0.5, 0.6) is 0 Å². The van der Waals surface area contributed by atoms with Gasteiger partial charge < -0.3 is 15.4 Å². The zero-order valence-corrected chi connectivity index (χ0v) is 18.2. The van der Waals surface area contributed by atoms with E-state index in [0.717, 1.165) is 22.0 Å². The monoisotopic (exact) mass is 422 g/mol. The molecular weight excluding hydrogens is 396 g/mol. The number of hydrogen-bond donors (Lipinski definition) is 2. The third-order valence-corrected chi connectivity index (χ3v) is 5.12. The summed E-state index contributed by atoms with van der Waals surface area (Å²) < 4.78 is 5.26. The number of nitrogens with one attached hydrogen (secondary N) is 2. The van der Waals surface area contributed by atoms with E-state index in [0.29, 0.717) is 13.0 Å². The first-order valence-electron chi connectivity index (χ1n) is 8.89. The van der Waals surface area contributed by atoms with Crippen molar-refractivity contribution in [3.8, 4) is 10.6 Å². The van der Waals surface area contributed by atoms with Crippen molar-refractivity contribution in [2.45, 2.75) is 45.4 Å². The minimum Gasteiger partial charge on any atom is -0.444 e. The Morgan fingerprint density at radius 1 is 1.29 bits per heavy atom. The van der Waals surface area contributed by atoms with Crippen molar-refractivity contribution >= 4 is 35.1 Å². The summed E-state index contributed by atoms with van der Waals surface area (Å²) in [4.78, 5) is 33.2. The highest BCUT2D eigenvalue weighted by Crippen LogP contribution is 2.22. The second kappa shape index (κ2) is 10.4. The second-order valence-corrected chi connectivity index (χ2v) is 8.92. The number of hydrogen-bond acceptors (Lipinski definition) is 7. The summed E-state index contributed by atoms with van der Waals surface area (Å²) in [6, 6.07) is 3.13. The molecule has 0 radical (unpaired) electrons. The predicted octanol–water partition coefficient (Wildman–Crippen LogP) is 3.47. The molecular formula is C19H26N4O3S2. The molecule has 2 N–H and O–H groups in total. The third-order valence-electron chi connectivity index (χ3n) is 3.54. The number of carbonyl (C=O) groups is 2. The van der Waals surface area contributed by atoms with E-state index in [9.17, 15) is 9.59 Å². The summed E-state index contributed by atoms with van der Waals surface area (Å²) in [6.45, 7) is 5.65. The molecule has 2 aromatic heterocycles. The zero-order valence-electron chi connectivity index (χ0n) is 16.5. The molecule has 0 aliphatic heterocycles. The molecule has 7 nitrogen and oxygen atoms in total. The molecule has 1 atom stereocenters. The van der Waals surface area contributed by atoms with E-state index in [2.05, 4.69) is 20.6 Å². The molecule has 0 saturated carbocycles. The van der Waals surface area contributed by atoms with Gasteiger partial charge in [-0.15, -0.1) is 11.3 Å². The highest BCUT2D eigenvalue weighted by atomic mass is 32.2. The van der Waals surface area contributed by atoms with Gasteiger partial charge in [-0.1, -0.05) is 0 Å². The standard InChI is InChI=1S/C19H26N4O3S2/c1-19(2,3)26-18(25)23-15(7-10-27-4)16(24)21-11-14-12-28-17(22-14)13-5-8-20-9-6-13/h5-6,8-9,12,15H,7,10-11H2,1-4H3,(H,21,24)(H,23,25). The first-order chi connectivity index (χ1) is 13.3. The average molecular weight is 423 g/mol. The van der Waals surface area contributed by atoms with Gasteiger partial charge in [0.25, 0.3) is 0 Å². The number of aromatic nitrogens is 2. The molecule has 0 aliphatic rings. The summed E-state index contributed by atoms with van der Waals surface area (Å²) in [5, 5.41) is 8.30. The summed E-state index contributed by atoms with van der Waals surface area (Å²) >= 11 is 3.13. The van der Waals surface area contributed by atoms with Gasteiger partial charge in [-0.05, 0) is 51.3 Å². The summed E-state index contributed by atoms with van der Waals surface area (Å²) in [6.07, 6.45) is 5.32. The lowest BCUT2D eigenvalue weighted by atomic mass is 10.2. The number of rotatable bonds is 8. The van der Waals surface area contributed by atoms with Crippen LogP contribution in [0, 0.1) is 0 Å². The molecule has 1 unspecified atom stereocenters. The van der Waals surface area contributed by atoms with Gasteiger partial charge in [0.05, 0.1) is 12.2 Å². The van der Waals surface area contributed by atoms with Gasteiger partial charge >= 0.3 is 6.09 Å². The van der Waals surface area contributed by atoms with Crippen LogP contribution in [0.2, 0.25) is 0 Å². The Hall–Kier alpha value is -2.13. The number of nitrogens with zero attached hydrogens (tertiary/aromatic N) is 2. The van der Waals surface area contributed by atoms with Gasteiger partial charge in [0.2, 0.25) is 5.91 Å². The van der Waals surface area contributed by atoms with Gasteiger partial charge in [0.15, 0.2) is 0 Å². The normalized spacial score (nSPS) is 12.3. The Morgan fingerprint density at radius 2 is 2.00 bits per heavy atom. The average Bonchev–Trinajstić information content (AvgIpc) is 3.11. The van der Waals surface area contributed by atoms with Crippen molar-refractivity contribution in [2.24, 2.45) is 0 Å². The number of carbonyl (C=O) groups excluding carboxylic acids is 2. The third kappa shape index (κ3) is 7.47. The molecule has 0 aliphatic carbocycles. The van der Waals surface area contributed by atoms with E-state index in [-0.39, 0.29) is 5.91 Å². The fraction of sp³-hybridized carbons (Fsp3) is 0.474. The second-order valence-electron chi connectivity index (χ2n) is 7.08. The lowest BCUT2D eigenvalue weighted by Gasteiger charge is -2.23. The molecule has 0 saturated heterocycles. The van der Waals surface area contributed by atoms with Crippen LogP contribution in [-0.2, 0) is 16.1 Å². The van der Waals surface area contributed by atoms with Crippen molar-refractivity contribution in [1.29, 1.82) is 0 Å². The summed E-state index contributed by atoms with van der Waals surface area (Å²) in [5.74, 6) is 0.495. The SMILES string of the molecule is CSCCC(NC(=O)OC(C)(C)C)C(=O)NCc1csc(-c2ccncc2)n1. The Morgan fingerprint density at radius 3 is 2.64 bits per heavy atom. The highest BCUT2D eigenvalue weighted by molar-refractivity contribution is 7.98. The quantitative estimate of drug-likeness (QED) is 0.677. The van der Waals surface area contributed by atoms with Crippen LogP contribution >= 0.6 is 23.1 Å². The zero-order chi connectivity index (χ0) is 20.6. The van der Waals surface area contributed by atoms with Crippen LogP contribution in [0.3, 0.4) is 0 Å². The maximum Gasteiger partial charge on any atom is 0.408 e. The van der Waals surface area contributed by atoms with E-state index in [1.807, 2.05) is 23.8 Å². The van der Waals surface area contributed by atoms with Gasteiger partial charge in [-0.25, -0.2) is 9.78 Å². The van der Waals surface area contributed by atoms with E-state index < -0.39 is 17.7 Å². The fourth-order valence-corrected chi connectivity index (χ4v) is 3.57. The molecule has 28 heavy (non-hydrogen) atoms. The van der Waals surface area contributed by atoms with Crippen LogP contribution in [0.15, 0.2) is 29.9 Å². The Balaban J connectivity index is 1.93. The molecule has 0 bridgehead atoms. The van der Waals surface area contributed by atoms with Crippen molar-refractivity contribution in [1.82, 2.24) is 20.6 Å². The van der Waals surface area contributed by atoms with Crippen molar-refractivity contribution < 1.29 is 14.3 Å². The number of thiazole rings is 1. The van der Waals surface area contributed by atoms with Crippen LogP contribution < -0.4 is 10.6 Å². The molecule has 152 valence electrons. The molecule has 9 heteroatoms. The minimum atomic E-state index is -0.652. The van der Waals surface area contributed by atoms with Crippen molar-refractivity contribution in [3.63, 3.8) is 0 Å². The number of amides is 2. The van der Waals surface area contributed by atoms with Gasteiger partial charge in [-0.3, -0.25) is 9.78 Å². The molecule has 2 heterocycles. The molecule has 0 aromatic carbocycles. The molecule has 0 spiro atoms. The topological polar surface area (TPSA) is 93.2 Å². The maximum absolute atomic E-state index is 12.6. The Labute approximate surface area is 173 Å². The van der Waals surface area contributed by atoms with E-state index in [1.54, 1.807) is 44.9 Å². The van der Waals surface area contributed by atoms with E-state index in [1.165, 1.54) is 11.3 Å². The highest BCUT2D eigenvalue weighted by Gasteiger charge is 2.24. The van der Waals surface area contributed by atoms with Gasteiger partial charge in [-0.2, -0.15) is 11.8 Å². The van der Waals surface area contributed by atoms with Crippen LogP contribution in [-0.4, -0.2) is 45.6 Å². The van der Waals surface area contributed by atoms with Gasteiger partial charge in [0.1, 0.15) is 16.7 Å². The van der Waals surface area contributed by atoms with Gasteiger partial charge in [0, 0.05) is 23.3 Å². The van der Waals surface area contributed by atoms with Crippen LogP contribution in [0.4, 0.5) is 4.79 Å². The number of pyridine rings is 1. The Kier molecular flexibility index (Phi) is 8.25. The minimum absolute atomic E-state index is 0.252. The van der Waals surface area contributed by atoms with Crippen LogP contribution in [0.1, 0.15) is 32.9 Å². The first-order valence-corrected chi connectivity index (χ1v) is 11.2. The summed E-state index contributed by atoms with van der Waals surface area (Å²) in [7, 11) is 0. The molecule has 2 amide bonds. The Bertz CT molecular complexity index is 775. The van der Waals surface area contributed by atoms with E-state index >= 15 is 0 Å². The maximum atomic E-state index is 12.6. The number of ether oxygens (including phenoxy) is 1. The first kappa shape index (κ1) is 22.2. The molecule has 2 rings (SSSR count). The largest absolute Gasteiger partial charge is 0.444 e. The lowest BCUT2D eigenvalue weighted by molar-refractivity contribution is -0.123. The number of alkyl carbamates (subject to hydrolysis) is 1. The van der Waals surface area contributed by atoms with Crippen molar-refractivity contribution in [3.05, 3.63) is 35.6 Å². The molecule has 2 aromatic rings. The van der Waals surface area contributed by atoms with Crippen LogP contribution in [0.25, 0.3) is 10.6 Å². The fourth-order valence-electron chi connectivity index (χ4n) is 2.27. The summed E-state index contributed by atoms with van der Waals surface area (Å²) in [5.41, 5.74) is 1.14. The predicted molar refractivity (Wildman–Crippen MR) is 113 cm³/mol. The molecule has 0 fully saturated rings. The van der Waals surface area contributed by atoms with E-state index in [4.69, 9.17) is 4.74 Å².